The molecule has 8 nitrogen and oxygen atoms in total. The number of likely N-dealkylation sites (N-methyl/N-ethyl adjacent to an activating group) is 1. The number of thiazole rings is 1. The molecule has 0 saturated carbocycles. The lowest BCUT2D eigenvalue weighted by Crippen LogP contribution is -2.38. The lowest BCUT2D eigenvalue weighted by atomic mass is 10.2. The molecular formula is C23H24N4O4S2. The molecule has 0 saturated heterocycles. The topological polar surface area (TPSA) is 88.8 Å². The highest BCUT2D eigenvalue weighted by Crippen LogP contribution is 2.36. The van der Waals surface area contributed by atoms with Crippen molar-refractivity contribution in [2.45, 2.75) is 13.8 Å². The van der Waals surface area contributed by atoms with Gasteiger partial charge in [-0.2, -0.15) is 0 Å². The number of benzene rings is 2. The number of ether oxygens (including phenoxy) is 1. The minimum Gasteiger partial charge on any atom is -0.494 e. The summed E-state index contributed by atoms with van der Waals surface area (Å²) in [5, 5.41) is 12.4. The maximum absolute atomic E-state index is 13.7. The molecule has 10 heteroatoms. The highest BCUT2D eigenvalue weighted by molar-refractivity contribution is 7.23. The quantitative estimate of drug-likeness (QED) is 0.233. The van der Waals surface area contributed by atoms with E-state index in [0.717, 1.165) is 28.0 Å². The minimum atomic E-state index is -0.427. The van der Waals surface area contributed by atoms with Crippen molar-refractivity contribution < 1.29 is 14.5 Å². The van der Waals surface area contributed by atoms with Gasteiger partial charge in [-0.25, -0.2) is 4.98 Å². The molecule has 4 aromatic rings. The predicted octanol–water partition coefficient (Wildman–Crippen LogP) is 5.42. The van der Waals surface area contributed by atoms with Crippen molar-refractivity contribution in [2.75, 3.05) is 38.2 Å². The standard InChI is InChI=1S/C23H24N4O4S2/c1-4-25(5-2)11-12-26(23-24-21-17(31-3)7-6-8-19(21)33-23)22(28)20-14-15-13-16(27(29)30)9-10-18(15)32-20/h6-10,13-14H,4-5,11-12H2,1-3H3. The number of amides is 1. The zero-order valence-electron chi connectivity index (χ0n) is 18.6. The van der Waals surface area contributed by atoms with E-state index in [-0.39, 0.29) is 11.6 Å². The van der Waals surface area contributed by atoms with E-state index < -0.39 is 4.92 Å². The smallest absolute Gasteiger partial charge is 0.270 e. The van der Waals surface area contributed by atoms with Crippen molar-refractivity contribution in [3.63, 3.8) is 0 Å². The first-order valence-electron chi connectivity index (χ1n) is 10.6. The number of thiophene rings is 1. The Morgan fingerprint density at radius 2 is 1.88 bits per heavy atom. The fourth-order valence-corrected chi connectivity index (χ4v) is 5.64. The minimum absolute atomic E-state index is 0.0101. The zero-order valence-corrected chi connectivity index (χ0v) is 20.2. The van der Waals surface area contributed by atoms with E-state index in [2.05, 4.69) is 18.7 Å². The molecule has 1 amide bonds. The van der Waals surface area contributed by atoms with Crippen LogP contribution in [0.2, 0.25) is 0 Å². The van der Waals surface area contributed by atoms with Crippen molar-refractivity contribution in [1.29, 1.82) is 0 Å². The zero-order chi connectivity index (χ0) is 23.5. The van der Waals surface area contributed by atoms with Crippen LogP contribution < -0.4 is 9.64 Å². The third kappa shape index (κ3) is 4.68. The van der Waals surface area contributed by atoms with Gasteiger partial charge in [0.15, 0.2) is 5.13 Å². The Morgan fingerprint density at radius 1 is 1.09 bits per heavy atom. The predicted molar refractivity (Wildman–Crippen MR) is 134 cm³/mol. The highest BCUT2D eigenvalue weighted by atomic mass is 32.1. The van der Waals surface area contributed by atoms with Gasteiger partial charge in [-0.15, -0.1) is 11.3 Å². The van der Waals surface area contributed by atoms with E-state index >= 15 is 0 Å². The van der Waals surface area contributed by atoms with Gasteiger partial charge in [-0.05, 0) is 37.4 Å². The molecule has 2 aromatic carbocycles. The summed E-state index contributed by atoms with van der Waals surface area (Å²) in [6.45, 7) is 7.16. The first-order chi connectivity index (χ1) is 15.9. The number of anilines is 1. The number of carbonyl (C=O) groups excluding carboxylic acids is 1. The largest absolute Gasteiger partial charge is 0.494 e. The van der Waals surface area contributed by atoms with Crippen LogP contribution in [-0.4, -0.2) is 54.0 Å². The van der Waals surface area contributed by atoms with Crippen molar-refractivity contribution in [3.8, 4) is 5.75 Å². The van der Waals surface area contributed by atoms with Gasteiger partial charge in [0.1, 0.15) is 11.3 Å². The lowest BCUT2D eigenvalue weighted by Gasteiger charge is -2.24. The van der Waals surface area contributed by atoms with Gasteiger partial charge in [0.2, 0.25) is 0 Å². The maximum atomic E-state index is 13.7. The van der Waals surface area contributed by atoms with Crippen LogP contribution in [-0.2, 0) is 0 Å². The summed E-state index contributed by atoms with van der Waals surface area (Å²) in [4.78, 5) is 33.6. The number of carbonyl (C=O) groups is 1. The molecule has 33 heavy (non-hydrogen) atoms. The number of nitro groups is 1. The maximum Gasteiger partial charge on any atom is 0.270 e. The molecule has 0 fully saturated rings. The van der Waals surface area contributed by atoms with Gasteiger partial charge in [-0.3, -0.25) is 19.8 Å². The number of hydrogen-bond donors (Lipinski definition) is 0. The van der Waals surface area contributed by atoms with Crippen molar-refractivity contribution in [2.24, 2.45) is 0 Å². The van der Waals surface area contributed by atoms with Gasteiger partial charge in [0, 0.05) is 35.3 Å². The van der Waals surface area contributed by atoms with Crippen molar-refractivity contribution in [3.05, 3.63) is 57.5 Å². The van der Waals surface area contributed by atoms with Crippen LogP contribution in [0.5, 0.6) is 5.75 Å². The molecule has 172 valence electrons. The Bertz CT molecular complexity index is 1310. The molecule has 0 aliphatic heterocycles. The van der Waals surface area contributed by atoms with E-state index in [1.54, 1.807) is 24.1 Å². The number of fused-ring (bicyclic) bond motifs is 2. The Kier molecular flexibility index (Phi) is 6.87. The summed E-state index contributed by atoms with van der Waals surface area (Å²) in [6, 6.07) is 12.1. The Hall–Kier alpha value is -3.08. The van der Waals surface area contributed by atoms with E-state index in [9.17, 15) is 14.9 Å². The van der Waals surface area contributed by atoms with E-state index in [1.807, 2.05) is 18.2 Å². The van der Waals surface area contributed by atoms with Crippen LogP contribution in [0.15, 0.2) is 42.5 Å². The molecule has 0 atom stereocenters. The second-order valence-electron chi connectivity index (χ2n) is 7.38. The fourth-order valence-electron chi connectivity index (χ4n) is 3.64. The third-order valence-corrected chi connectivity index (χ3v) is 7.67. The summed E-state index contributed by atoms with van der Waals surface area (Å²) in [7, 11) is 1.60. The summed E-state index contributed by atoms with van der Waals surface area (Å²) < 4.78 is 7.22. The van der Waals surface area contributed by atoms with Crippen molar-refractivity contribution in [1.82, 2.24) is 9.88 Å². The first kappa shape index (κ1) is 23.1. The molecule has 0 N–H and O–H groups in total. The average molecular weight is 485 g/mol. The summed E-state index contributed by atoms with van der Waals surface area (Å²) in [5.74, 6) is 0.504. The number of methoxy groups -OCH3 is 1. The molecule has 0 bridgehead atoms. The molecule has 0 aliphatic rings. The van der Waals surface area contributed by atoms with Gasteiger partial charge < -0.3 is 9.64 Å². The number of hydrogen-bond acceptors (Lipinski definition) is 8. The van der Waals surface area contributed by atoms with Crippen LogP contribution in [0.1, 0.15) is 23.5 Å². The Balaban J connectivity index is 1.73. The van der Waals surface area contributed by atoms with E-state index in [0.29, 0.717) is 34.2 Å². The van der Waals surface area contributed by atoms with Crippen LogP contribution in [0, 0.1) is 10.1 Å². The van der Waals surface area contributed by atoms with Gasteiger partial charge >= 0.3 is 0 Å². The van der Waals surface area contributed by atoms with E-state index in [4.69, 9.17) is 9.72 Å². The van der Waals surface area contributed by atoms with Gasteiger partial charge in [-0.1, -0.05) is 31.3 Å². The molecule has 0 unspecified atom stereocenters. The highest BCUT2D eigenvalue weighted by Gasteiger charge is 2.24. The molecular weight excluding hydrogens is 460 g/mol. The second kappa shape index (κ2) is 9.82. The monoisotopic (exact) mass is 484 g/mol. The summed E-state index contributed by atoms with van der Waals surface area (Å²) >= 11 is 2.78. The number of non-ortho nitro benzene ring substituents is 1. The normalized spacial score (nSPS) is 11.4. The summed E-state index contributed by atoms with van der Waals surface area (Å²) in [5.41, 5.74) is 0.739. The second-order valence-corrected chi connectivity index (χ2v) is 9.47. The SMILES string of the molecule is CCN(CC)CCN(C(=O)c1cc2cc([N+](=O)[O-])ccc2s1)c1nc2c(OC)cccc2s1. The van der Waals surface area contributed by atoms with E-state index in [1.165, 1.54) is 34.8 Å². The number of aromatic nitrogens is 1. The molecule has 2 heterocycles. The van der Waals surface area contributed by atoms with Gasteiger partial charge in [0.25, 0.3) is 11.6 Å². The number of para-hydroxylation sites is 1. The first-order valence-corrected chi connectivity index (χ1v) is 12.2. The van der Waals surface area contributed by atoms with Gasteiger partial charge in [0.05, 0.1) is 21.6 Å². The summed E-state index contributed by atoms with van der Waals surface area (Å²) in [6.07, 6.45) is 0. The molecule has 4 rings (SSSR count). The average Bonchev–Trinajstić information content (AvgIpc) is 3.45. The number of nitrogens with zero attached hydrogens (tertiary/aromatic N) is 4. The lowest BCUT2D eigenvalue weighted by molar-refractivity contribution is -0.384. The van der Waals surface area contributed by atoms with Crippen LogP contribution in [0.4, 0.5) is 10.8 Å². The number of nitro benzene ring substituents is 1. The third-order valence-electron chi connectivity index (χ3n) is 5.52. The van der Waals surface area contributed by atoms with Crippen LogP contribution >= 0.6 is 22.7 Å². The Morgan fingerprint density at radius 3 is 2.58 bits per heavy atom. The molecule has 0 spiro atoms. The number of rotatable bonds is 9. The van der Waals surface area contributed by atoms with Crippen LogP contribution in [0.25, 0.3) is 20.3 Å². The molecule has 0 radical (unpaired) electrons. The fraction of sp³-hybridized carbons (Fsp3) is 0.304. The van der Waals surface area contributed by atoms with Crippen molar-refractivity contribution >= 4 is 59.7 Å². The molecule has 2 aromatic heterocycles. The Labute approximate surface area is 199 Å². The van der Waals surface area contributed by atoms with Crippen LogP contribution in [0.3, 0.4) is 0 Å². The molecule has 0 aliphatic carbocycles.